The molecule has 0 amide bonds. The quantitative estimate of drug-likeness (QED) is 0.203. The molecule has 0 N–H and O–H groups in total. The van der Waals surface area contributed by atoms with Crippen LogP contribution < -0.4 is 18.9 Å². The zero-order valence-electron chi connectivity index (χ0n) is 22.2. The van der Waals surface area contributed by atoms with Gasteiger partial charge in [-0.15, -0.1) is 0 Å². The van der Waals surface area contributed by atoms with Crippen molar-refractivity contribution in [2.24, 2.45) is 5.41 Å². The molecule has 4 aromatic rings. The van der Waals surface area contributed by atoms with Gasteiger partial charge in [-0.2, -0.15) is 0 Å². The van der Waals surface area contributed by atoms with E-state index >= 15 is 0 Å². The Hall–Kier alpha value is -3.92. The molecule has 0 heterocycles. The van der Waals surface area contributed by atoms with Crippen LogP contribution >= 0.6 is 0 Å². The molecule has 192 valence electrons. The zero-order valence-corrected chi connectivity index (χ0v) is 22.2. The summed E-state index contributed by atoms with van der Waals surface area (Å²) in [5.41, 5.74) is 4.16. The first-order valence-electron chi connectivity index (χ1n) is 12.7. The molecule has 4 nitrogen and oxygen atoms in total. The van der Waals surface area contributed by atoms with Crippen LogP contribution in [0.3, 0.4) is 0 Å². The van der Waals surface area contributed by atoms with Gasteiger partial charge in [0.25, 0.3) is 0 Å². The van der Waals surface area contributed by atoms with E-state index in [1.165, 1.54) is 22.3 Å². The molecule has 0 aliphatic carbocycles. The Morgan fingerprint density at radius 1 is 0.351 bits per heavy atom. The lowest BCUT2D eigenvalue weighted by Gasteiger charge is -2.33. The molecule has 0 aromatic heterocycles. The van der Waals surface area contributed by atoms with Crippen LogP contribution in [-0.4, -0.2) is 26.4 Å². The van der Waals surface area contributed by atoms with Crippen LogP contribution in [0.4, 0.5) is 0 Å². The van der Waals surface area contributed by atoms with Crippen molar-refractivity contribution in [3.63, 3.8) is 0 Å². The number of rotatable bonds is 12. The molecule has 0 fully saturated rings. The summed E-state index contributed by atoms with van der Waals surface area (Å²) in [4.78, 5) is 0. The lowest BCUT2D eigenvalue weighted by molar-refractivity contribution is -0.00352. The van der Waals surface area contributed by atoms with E-state index in [2.05, 4.69) is 27.7 Å². The van der Waals surface area contributed by atoms with Crippen LogP contribution in [0.2, 0.25) is 0 Å². The standard InChI is InChI=1S/C33H36O4/c1-25-5-13-29(14-6-25)34-21-33(22-35-30-15-7-26(2)8-16-30,23-36-31-17-9-27(3)10-18-31)24-37-32-19-11-28(4)12-20-32/h5-20H,21-24H2,1-4H3. The minimum absolute atomic E-state index is 0.361. The fourth-order valence-corrected chi connectivity index (χ4v) is 3.73. The Balaban J connectivity index is 1.58. The van der Waals surface area contributed by atoms with Crippen molar-refractivity contribution in [3.05, 3.63) is 119 Å². The summed E-state index contributed by atoms with van der Waals surface area (Å²) < 4.78 is 25.2. The fourth-order valence-electron chi connectivity index (χ4n) is 3.73. The fraction of sp³-hybridized carbons (Fsp3) is 0.273. The van der Waals surface area contributed by atoms with Crippen molar-refractivity contribution in [3.8, 4) is 23.0 Å². The summed E-state index contributed by atoms with van der Waals surface area (Å²) >= 11 is 0. The van der Waals surface area contributed by atoms with Crippen molar-refractivity contribution in [2.75, 3.05) is 26.4 Å². The molecule has 0 aliphatic heterocycles. The van der Waals surface area contributed by atoms with Crippen LogP contribution in [-0.2, 0) is 0 Å². The van der Waals surface area contributed by atoms with Gasteiger partial charge >= 0.3 is 0 Å². The molecule has 0 bridgehead atoms. The predicted octanol–water partition coefficient (Wildman–Crippen LogP) is 7.52. The molecular weight excluding hydrogens is 460 g/mol. The molecular formula is C33H36O4. The molecule has 0 atom stereocenters. The maximum absolute atomic E-state index is 6.31. The Morgan fingerprint density at radius 3 is 0.730 bits per heavy atom. The van der Waals surface area contributed by atoms with E-state index < -0.39 is 5.41 Å². The molecule has 0 spiro atoms. The Bertz CT molecular complexity index is 1020. The smallest absolute Gasteiger partial charge is 0.119 e. The van der Waals surface area contributed by atoms with Crippen LogP contribution in [0, 0.1) is 33.1 Å². The molecule has 0 unspecified atom stereocenters. The maximum Gasteiger partial charge on any atom is 0.119 e. The van der Waals surface area contributed by atoms with Gasteiger partial charge in [0, 0.05) is 0 Å². The first-order valence-corrected chi connectivity index (χ1v) is 12.7. The Morgan fingerprint density at radius 2 is 0.541 bits per heavy atom. The average Bonchev–Trinajstić information content (AvgIpc) is 2.91. The second-order valence-electron chi connectivity index (χ2n) is 9.91. The third-order valence-electron chi connectivity index (χ3n) is 6.26. The summed E-state index contributed by atoms with van der Waals surface area (Å²) in [6, 6.07) is 32.3. The van der Waals surface area contributed by atoms with E-state index in [4.69, 9.17) is 18.9 Å². The molecule has 4 rings (SSSR count). The number of benzene rings is 4. The molecule has 4 aromatic carbocycles. The summed E-state index contributed by atoms with van der Waals surface area (Å²) in [7, 11) is 0. The highest BCUT2D eigenvalue weighted by Crippen LogP contribution is 2.27. The number of hydrogen-bond acceptors (Lipinski definition) is 4. The van der Waals surface area contributed by atoms with Gasteiger partial charge in [-0.3, -0.25) is 0 Å². The maximum atomic E-state index is 6.31. The summed E-state index contributed by atoms with van der Waals surface area (Å²) in [5.74, 6) is 3.21. The van der Waals surface area contributed by atoms with Crippen LogP contribution in [0.15, 0.2) is 97.1 Å². The topological polar surface area (TPSA) is 36.9 Å². The lowest BCUT2D eigenvalue weighted by Crippen LogP contribution is -2.45. The molecule has 0 saturated carbocycles. The molecule has 37 heavy (non-hydrogen) atoms. The van der Waals surface area contributed by atoms with E-state index in [0.29, 0.717) is 26.4 Å². The summed E-state index contributed by atoms with van der Waals surface area (Å²) in [6.07, 6.45) is 0. The first-order chi connectivity index (χ1) is 17.9. The van der Waals surface area contributed by atoms with Crippen LogP contribution in [0.5, 0.6) is 23.0 Å². The highest BCUT2D eigenvalue weighted by molar-refractivity contribution is 5.29. The zero-order chi connectivity index (χ0) is 26.1. The second-order valence-corrected chi connectivity index (χ2v) is 9.91. The number of ether oxygens (including phenoxy) is 4. The average molecular weight is 497 g/mol. The van der Waals surface area contributed by atoms with Gasteiger partial charge in [-0.05, 0) is 76.2 Å². The Kier molecular flexibility index (Phi) is 8.73. The minimum Gasteiger partial charge on any atom is -0.493 e. The van der Waals surface area contributed by atoms with Crippen molar-refractivity contribution >= 4 is 0 Å². The first kappa shape index (κ1) is 26.2. The van der Waals surface area contributed by atoms with Crippen LogP contribution in [0.1, 0.15) is 22.3 Å². The monoisotopic (exact) mass is 496 g/mol. The van der Waals surface area contributed by atoms with E-state index in [-0.39, 0.29) is 0 Å². The third-order valence-corrected chi connectivity index (χ3v) is 6.26. The lowest BCUT2D eigenvalue weighted by atomic mass is 9.92. The summed E-state index contributed by atoms with van der Waals surface area (Å²) in [6.45, 7) is 9.70. The normalized spacial score (nSPS) is 11.1. The van der Waals surface area contributed by atoms with E-state index in [1.54, 1.807) is 0 Å². The van der Waals surface area contributed by atoms with E-state index in [9.17, 15) is 0 Å². The second kappa shape index (κ2) is 12.4. The Labute approximate surface area is 220 Å². The van der Waals surface area contributed by atoms with Crippen molar-refractivity contribution in [2.45, 2.75) is 27.7 Å². The van der Waals surface area contributed by atoms with Gasteiger partial charge in [0.1, 0.15) is 54.8 Å². The van der Waals surface area contributed by atoms with Crippen LogP contribution in [0.25, 0.3) is 0 Å². The molecule has 0 radical (unpaired) electrons. The van der Waals surface area contributed by atoms with Gasteiger partial charge in [0.15, 0.2) is 0 Å². The SMILES string of the molecule is Cc1ccc(OCC(COc2ccc(C)cc2)(COc2ccc(C)cc2)COc2ccc(C)cc2)cc1. The van der Waals surface area contributed by atoms with Crippen molar-refractivity contribution < 1.29 is 18.9 Å². The number of hydrogen-bond donors (Lipinski definition) is 0. The molecule has 0 saturated heterocycles. The molecule has 4 heteroatoms. The number of aryl methyl sites for hydroxylation is 4. The van der Waals surface area contributed by atoms with Gasteiger partial charge < -0.3 is 18.9 Å². The van der Waals surface area contributed by atoms with Crippen molar-refractivity contribution in [1.29, 1.82) is 0 Å². The summed E-state index contributed by atoms with van der Waals surface area (Å²) in [5, 5.41) is 0. The van der Waals surface area contributed by atoms with E-state index in [0.717, 1.165) is 23.0 Å². The highest BCUT2D eigenvalue weighted by Gasteiger charge is 2.36. The van der Waals surface area contributed by atoms with E-state index in [1.807, 2.05) is 97.1 Å². The van der Waals surface area contributed by atoms with Crippen molar-refractivity contribution in [1.82, 2.24) is 0 Å². The third kappa shape index (κ3) is 8.04. The minimum atomic E-state index is -0.592. The highest BCUT2D eigenvalue weighted by atomic mass is 16.5. The predicted molar refractivity (Wildman–Crippen MR) is 149 cm³/mol. The van der Waals surface area contributed by atoms with Gasteiger partial charge in [-0.25, -0.2) is 0 Å². The largest absolute Gasteiger partial charge is 0.493 e. The van der Waals surface area contributed by atoms with Gasteiger partial charge in [-0.1, -0.05) is 70.8 Å². The van der Waals surface area contributed by atoms with Gasteiger partial charge in [0.2, 0.25) is 0 Å². The molecule has 0 aliphatic rings. The van der Waals surface area contributed by atoms with Gasteiger partial charge in [0.05, 0.1) is 0 Å².